The van der Waals surface area contributed by atoms with Crippen molar-refractivity contribution in [3.05, 3.63) is 35.4 Å². The highest BCUT2D eigenvalue weighted by molar-refractivity contribution is 7.89. The molecule has 0 atom stereocenters. The highest BCUT2D eigenvalue weighted by Crippen LogP contribution is 2.24. The van der Waals surface area contributed by atoms with Crippen LogP contribution in [0.25, 0.3) is 0 Å². The van der Waals surface area contributed by atoms with E-state index in [1.54, 1.807) is 25.1 Å². The molecule has 2 N–H and O–H groups in total. The monoisotopic (exact) mass is 325 g/mol. The number of carbonyl (C=O) groups excluding carboxylic acids is 3. The quantitative estimate of drug-likeness (QED) is 0.800. The van der Waals surface area contributed by atoms with Crippen molar-refractivity contribution in [3.63, 3.8) is 0 Å². The van der Waals surface area contributed by atoms with Gasteiger partial charge in [0.1, 0.15) is 6.54 Å². The fraction of sp³-hybridized carbons (Fsp3) is 0.308. The molecule has 9 heteroatoms. The summed E-state index contributed by atoms with van der Waals surface area (Å²) in [6, 6.07) is 5.56. The Morgan fingerprint density at radius 1 is 1.27 bits per heavy atom. The molecule has 4 amide bonds. The molecule has 22 heavy (non-hydrogen) atoms. The molecular weight excluding hydrogens is 310 g/mol. The third-order valence-electron chi connectivity index (χ3n) is 3.03. The van der Waals surface area contributed by atoms with Gasteiger partial charge < -0.3 is 5.32 Å². The fourth-order valence-corrected chi connectivity index (χ4v) is 3.53. The van der Waals surface area contributed by atoms with Crippen molar-refractivity contribution in [2.24, 2.45) is 0 Å². The second-order valence-corrected chi connectivity index (χ2v) is 6.53. The zero-order chi connectivity index (χ0) is 16.3. The van der Waals surface area contributed by atoms with Crippen molar-refractivity contribution in [2.75, 3.05) is 13.1 Å². The molecule has 2 rings (SSSR count). The molecule has 1 aliphatic heterocycles. The van der Waals surface area contributed by atoms with Crippen LogP contribution < -0.4 is 10.6 Å². The van der Waals surface area contributed by atoms with E-state index >= 15 is 0 Å². The third-order valence-corrected chi connectivity index (χ3v) is 4.67. The van der Waals surface area contributed by atoms with Crippen LogP contribution in [0, 0.1) is 0 Å². The molecule has 0 aliphatic carbocycles. The lowest BCUT2D eigenvalue weighted by Crippen LogP contribution is -2.49. The Bertz CT molecular complexity index is 729. The van der Waals surface area contributed by atoms with Crippen molar-refractivity contribution in [3.8, 4) is 0 Å². The zero-order valence-electron chi connectivity index (χ0n) is 11.8. The largest absolute Gasteiger partial charge is 0.338 e. The van der Waals surface area contributed by atoms with Gasteiger partial charge in [-0.3, -0.25) is 14.9 Å². The van der Waals surface area contributed by atoms with Crippen LogP contribution in [0.15, 0.2) is 24.3 Å². The summed E-state index contributed by atoms with van der Waals surface area (Å²) in [4.78, 5) is 35.2. The maximum absolute atomic E-state index is 12.2. The second kappa shape index (κ2) is 6.14. The van der Waals surface area contributed by atoms with Gasteiger partial charge in [0.25, 0.3) is 5.91 Å². The molecule has 0 saturated carbocycles. The Hall–Kier alpha value is -2.42. The molecule has 0 spiro atoms. The summed E-state index contributed by atoms with van der Waals surface area (Å²) >= 11 is 0. The molecule has 0 fully saturated rings. The van der Waals surface area contributed by atoms with Crippen LogP contribution in [0.2, 0.25) is 0 Å². The first-order valence-electron chi connectivity index (χ1n) is 6.55. The number of urea groups is 1. The highest BCUT2D eigenvalue weighted by Gasteiger charge is 2.36. The molecule has 0 bridgehead atoms. The van der Waals surface area contributed by atoms with Crippen LogP contribution in [-0.2, 0) is 20.6 Å². The van der Waals surface area contributed by atoms with Crippen molar-refractivity contribution < 1.29 is 22.8 Å². The Kier molecular flexibility index (Phi) is 4.45. The SMILES string of the molecule is CCNC(=O)NC(=O)CN1C(=O)c2ccccc2CS1(=O)=O. The predicted molar refractivity (Wildman–Crippen MR) is 77.3 cm³/mol. The molecule has 118 valence electrons. The van der Waals surface area contributed by atoms with Crippen molar-refractivity contribution in [2.45, 2.75) is 12.7 Å². The van der Waals surface area contributed by atoms with Gasteiger partial charge >= 0.3 is 6.03 Å². The Labute approximate surface area is 127 Å². The number of fused-ring (bicyclic) bond motifs is 1. The lowest BCUT2D eigenvalue weighted by molar-refractivity contribution is -0.120. The second-order valence-electron chi connectivity index (χ2n) is 4.63. The Balaban J connectivity index is 2.19. The highest BCUT2D eigenvalue weighted by atomic mass is 32.2. The number of benzene rings is 1. The molecule has 1 aliphatic rings. The fourth-order valence-electron chi connectivity index (χ4n) is 2.06. The number of sulfonamides is 1. The number of rotatable bonds is 3. The minimum Gasteiger partial charge on any atom is -0.338 e. The van der Waals surface area contributed by atoms with E-state index < -0.39 is 34.4 Å². The zero-order valence-corrected chi connectivity index (χ0v) is 12.6. The lowest BCUT2D eigenvalue weighted by Gasteiger charge is -2.27. The van der Waals surface area contributed by atoms with Crippen LogP contribution in [-0.4, -0.2) is 43.7 Å². The first-order valence-corrected chi connectivity index (χ1v) is 8.16. The topological polar surface area (TPSA) is 113 Å². The minimum atomic E-state index is -3.94. The lowest BCUT2D eigenvalue weighted by atomic mass is 10.1. The van der Waals surface area contributed by atoms with Crippen LogP contribution in [0.5, 0.6) is 0 Å². The number of carbonyl (C=O) groups is 3. The van der Waals surface area contributed by atoms with Crippen LogP contribution in [0.1, 0.15) is 22.8 Å². The van der Waals surface area contributed by atoms with Crippen LogP contribution in [0.4, 0.5) is 4.79 Å². The van der Waals surface area contributed by atoms with E-state index in [0.29, 0.717) is 16.4 Å². The summed E-state index contributed by atoms with van der Waals surface area (Å²) in [5.74, 6) is -2.00. The number of nitrogens with one attached hydrogen (secondary N) is 2. The van der Waals surface area contributed by atoms with E-state index in [1.165, 1.54) is 6.07 Å². The molecule has 8 nitrogen and oxygen atoms in total. The van der Waals surface area contributed by atoms with Gasteiger partial charge in [0.15, 0.2) is 0 Å². The van der Waals surface area contributed by atoms with E-state index in [2.05, 4.69) is 5.32 Å². The summed E-state index contributed by atoms with van der Waals surface area (Å²) in [5.41, 5.74) is 0.635. The van der Waals surface area contributed by atoms with Gasteiger partial charge in [0, 0.05) is 12.1 Å². The first kappa shape index (κ1) is 16.0. The summed E-state index contributed by atoms with van der Waals surface area (Å²) in [7, 11) is -3.94. The Morgan fingerprint density at radius 2 is 1.95 bits per heavy atom. The molecule has 0 unspecified atom stereocenters. The van der Waals surface area contributed by atoms with Gasteiger partial charge in [-0.05, 0) is 18.6 Å². The molecule has 1 aromatic carbocycles. The van der Waals surface area contributed by atoms with E-state index in [1.807, 2.05) is 5.32 Å². The molecule has 0 radical (unpaired) electrons. The molecule has 0 aromatic heterocycles. The van der Waals surface area contributed by atoms with E-state index in [-0.39, 0.29) is 11.3 Å². The van der Waals surface area contributed by atoms with Gasteiger partial charge in [-0.25, -0.2) is 17.5 Å². The van der Waals surface area contributed by atoms with Crippen molar-refractivity contribution in [1.29, 1.82) is 0 Å². The van der Waals surface area contributed by atoms with Gasteiger partial charge in [0.05, 0.1) is 5.75 Å². The normalized spacial score (nSPS) is 15.9. The van der Waals surface area contributed by atoms with E-state index in [4.69, 9.17) is 0 Å². The first-order chi connectivity index (χ1) is 10.3. The maximum atomic E-state index is 12.2. The standard InChI is InChI=1S/C13H15N3O5S/c1-2-14-13(19)15-11(17)7-16-12(18)10-6-4-3-5-9(10)8-22(16,20)21/h3-6H,2,7-8H2,1H3,(H2,14,15,17,19). The van der Waals surface area contributed by atoms with Gasteiger partial charge in [-0.15, -0.1) is 0 Å². The summed E-state index contributed by atoms with van der Waals surface area (Å²) < 4.78 is 24.7. The van der Waals surface area contributed by atoms with Gasteiger partial charge in [-0.2, -0.15) is 0 Å². The molecule has 1 heterocycles. The Morgan fingerprint density at radius 3 is 2.64 bits per heavy atom. The number of imide groups is 1. The van der Waals surface area contributed by atoms with Crippen molar-refractivity contribution in [1.82, 2.24) is 14.9 Å². The summed E-state index contributed by atoms with van der Waals surface area (Å²) in [6.45, 7) is 1.25. The number of hydrogen-bond donors (Lipinski definition) is 2. The summed E-state index contributed by atoms with van der Waals surface area (Å²) in [5, 5.41) is 4.30. The minimum absolute atomic E-state index is 0.239. The van der Waals surface area contributed by atoms with E-state index in [9.17, 15) is 22.8 Å². The maximum Gasteiger partial charge on any atom is 0.321 e. The summed E-state index contributed by atoms with van der Waals surface area (Å²) in [6.07, 6.45) is 0. The third kappa shape index (κ3) is 3.25. The smallest absolute Gasteiger partial charge is 0.321 e. The van der Waals surface area contributed by atoms with Crippen LogP contribution in [0.3, 0.4) is 0 Å². The predicted octanol–water partition coefficient (Wildman–Crippen LogP) is -0.182. The van der Waals surface area contributed by atoms with Crippen LogP contribution >= 0.6 is 0 Å². The number of nitrogens with zero attached hydrogens (tertiary/aromatic N) is 1. The van der Waals surface area contributed by atoms with Crippen molar-refractivity contribution >= 4 is 27.9 Å². The number of amides is 4. The van der Waals surface area contributed by atoms with E-state index in [0.717, 1.165) is 0 Å². The average molecular weight is 325 g/mol. The molecular formula is C13H15N3O5S. The average Bonchev–Trinajstić information content (AvgIpc) is 2.43. The molecule has 0 saturated heterocycles. The molecule has 1 aromatic rings. The number of hydrogen-bond acceptors (Lipinski definition) is 5. The van der Waals surface area contributed by atoms with Gasteiger partial charge in [0.2, 0.25) is 15.9 Å². The van der Waals surface area contributed by atoms with Gasteiger partial charge in [-0.1, -0.05) is 18.2 Å².